The van der Waals surface area contributed by atoms with Gasteiger partial charge in [-0.25, -0.2) is 0 Å². The summed E-state index contributed by atoms with van der Waals surface area (Å²) in [6.07, 6.45) is 3.78. The van der Waals surface area contributed by atoms with Crippen LogP contribution in [-0.4, -0.2) is 11.0 Å². The maximum atomic E-state index is 5.62. The van der Waals surface area contributed by atoms with Crippen LogP contribution in [0.2, 0.25) is 0 Å². The first-order valence-electron chi connectivity index (χ1n) is 5.67. The molecule has 3 N–H and O–H groups in total. The summed E-state index contributed by atoms with van der Waals surface area (Å²) in [5, 5.41) is 0. The standard InChI is InChI=1S/C13H17N3S/c1-10-4-2-3-5-11(10)6-12(16-14)7-13-8-15-9-17-13/h2-5,8-9,12,16H,6-7,14H2,1H3. The highest BCUT2D eigenvalue weighted by molar-refractivity contribution is 7.09. The molecule has 1 aromatic carbocycles. The van der Waals surface area contributed by atoms with E-state index >= 15 is 0 Å². The molecule has 90 valence electrons. The molecule has 1 aromatic heterocycles. The van der Waals surface area contributed by atoms with Crippen molar-refractivity contribution in [2.24, 2.45) is 5.84 Å². The Morgan fingerprint density at radius 1 is 1.35 bits per heavy atom. The van der Waals surface area contributed by atoms with Crippen molar-refractivity contribution < 1.29 is 0 Å². The third-order valence-corrected chi connectivity index (χ3v) is 3.70. The van der Waals surface area contributed by atoms with E-state index in [4.69, 9.17) is 5.84 Å². The number of thiazole rings is 1. The summed E-state index contributed by atoms with van der Waals surface area (Å²) < 4.78 is 0. The molecule has 1 atom stereocenters. The molecule has 2 aromatic rings. The van der Waals surface area contributed by atoms with Gasteiger partial charge in [-0.15, -0.1) is 11.3 Å². The summed E-state index contributed by atoms with van der Waals surface area (Å²) in [5.74, 6) is 5.62. The van der Waals surface area contributed by atoms with Crippen LogP contribution in [0.25, 0.3) is 0 Å². The first kappa shape index (κ1) is 12.2. The van der Waals surface area contributed by atoms with Crippen molar-refractivity contribution in [3.05, 3.63) is 52.0 Å². The van der Waals surface area contributed by atoms with E-state index in [1.807, 2.05) is 11.7 Å². The number of aryl methyl sites for hydroxylation is 1. The summed E-state index contributed by atoms with van der Waals surface area (Å²) in [5.41, 5.74) is 7.42. The summed E-state index contributed by atoms with van der Waals surface area (Å²) in [6.45, 7) is 2.13. The zero-order valence-electron chi connectivity index (χ0n) is 9.89. The Labute approximate surface area is 106 Å². The van der Waals surface area contributed by atoms with Crippen LogP contribution in [0, 0.1) is 6.92 Å². The third-order valence-electron chi connectivity index (χ3n) is 2.89. The monoisotopic (exact) mass is 247 g/mol. The minimum atomic E-state index is 0.261. The highest BCUT2D eigenvalue weighted by atomic mass is 32.1. The third kappa shape index (κ3) is 3.36. The first-order valence-corrected chi connectivity index (χ1v) is 6.55. The molecule has 0 spiro atoms. The van der Waals surface area contributed by atoms with Crippen molar-refractivity contribution in [3.63, 3.8) is 0 Å². The Hall–Kier alpha value is -1.23. The zero-order chi connectivity index (χ0) is 12.1. The number of hydrogen-bond donors (Lipinski definition) is 2. The van der Waals surface area contributed by atoms with Crippen LogP contribution >= 0.6 is 11.3 Å². The normalized spacial score (nSPS) is 12.6. The van der Waals surface area contributed by atoms with E-state index in [1.54, 1.807) is 11.3 Å². The van der Waals surface area contributed by atoms with E-state index in [9.17, 15) is 0 Å². The SMILES string of the molecule is Cc1ccccc1CC(Cc1cncs1)NN. The van der Waals surface area contributed by atoms with E-state index in [0.717, 1.165) is 12.8 Å². The van der Waals surface area contributed by atoms with E-state index in [2.05, 4.69) is 41.6 Å². The van der Waals surface area contributed by atoms with Gasteiger partial charge in [-0.2, -0.15) is 0 Å². The van der Waals surface area contributed by atoms with Crippen LogP contribution in [0.1, 0.15) is 16.0 Å². The van der Waals surface area contributed by atoms with E-state index in [0.29, 0.717) is 0 Å². The topological polar surface area (TPSA) is 50.9 Å². The van der Waals surface area contributed by atoms with Crippen LogP contribution in [0.4, 0.5) is 0 Å². The van der Waals surface area contributed by atoms with Crippen molar-refractivity contribution in [3.8, 4) is 0 Å². The second-order valence-corrected chi connectivity index (χ2v) is 5.14. The average molecular weight is 247 g/mol. The zero-order valence-corrected chi connectivity index (χ0v) is 10.7. The summed E-state index contributed by atoms with van der Waals surface area (Å²) in [6, 6.07) is 8.69. The number of nitrogens with zero attached hydrogens (tertiary/aromatic N) is 1. The second-order valence-electron chi connectivity index (χ2n) is 4.17. The van der Waals surface area contributed by atoms with Crippen molar-refractivity contribution >= 4 is 11.3 Å². The minimum absolute atomic E-state index is 0.261. The molecule has 0 radical (unpaired) electrons. The Bertz CT molecular complexity index is 453. The molecule has 0 fully saturated rings. The number of hydrogen-bond acceptors (Lipinski definition) is 4. The smallest absolute Gasteiger partial charge is 0.0794 e. The van der Waals surface area contributed by atoms with Crippen LogP contribution in [0.15, 0.2) is 36.0 Å². The Balaban J connectivity index is 2.03. The molecular formula is C13H17N3S. The highest BCUT2D eigenvalue weighted by Gasteiger charge is 2.10. The van der Waals surface area contributed by atoms with Crippen LogP contribution < -0.4 is 11.3 Å². The summed E-state index contributed by atoms with van der Waals surface area (Å²) in [4.78, 5) is 5.35. The number of rotatable bonds is 5. The molecule has 0 aliphatic heterocycles. The molecule has 0 saturated heterocycles. The van der Waals surface area contributed by atoms with Crippen LogP contribution in [0.5, 0.6) is 0 Å². The molecule has 2 rings (SSSR count). The van der Waals surface area contributed by atoms with E-state index < -0.39 is 0 Å². The predicted molar refractivity (Wildman–Crippen MR) is 71.8 cm³/mol. The lowest BCUT2D eigenvalue weighted by atomic mass is 9.99. The van der Waals surface area contributed by atoms with Gasteiger partial charge in [0.15, 0.2) is 0 Å². The van der Waals surface area contributed by atoms with Crippen molar-refractivity contribution in [2.45, 2.75) is 25.8 Å². The number of nitrogens with two attached hydrogens (primary N) is 1. The van der Waals surface area contributed by atoms with E-state index in [1.165, 1.54) is 16.0 Å². The molecule has 1 unspecified atom stereocenters. The maximum Gasteiger partial charge on any atom is 0.0794 e. The largest absolute Gasteiger partial charge is 0.271 e. The van der Waals surface area contributed by atoms with Crippen molar-refractivity contribution in [2.75, 3.05) is 0 Å². The number of nitrogens with one attached hydrogen (secondary N) is 1. The second kappa shape index (κ2) is 5.91. The van der Waals surface area contributed by atoms with Gasteiger partial charge in [-0.05, 0) is 24.5 Å². The molecule has 0 aliphatic carbocycles. The lowest BCUT2D eigenvalue weighted by Crippen LogP contribution is -2.38. The van der Waals surface area contributed by atoms with Crippen molar-refractivity contribution in [1.29, 1.82) is 0 Å². The Kier molecular flexibility index (Phi) is 4.25. The van der Waals surface area contributed by atoms with Gasteiger partial charge in [0.05, 0.1) is 5.51 Å². The molecule has 17 heavy (non-hydrogen) atoms. The van der Waals surface area contributed by atoms with Gasteiger partial charge in [0.1, 0.15) is 0 Å². The average Bonchev–Trinajstić information content (AvgIpc) is 2.84. The first-order chi connectivity index (χ1) is 8.29. The predicted octanol–water partition coefficient (Wildman–Crippen LogP) is 2.07. The molecule has 0 bridgehead atoms. The molecule has 1 heterocycles. The fraction of sp³-hybridized carbons (Fsp3) is 0.308. The Morgan fingerprint density at radius 2 is 2.18 bits per heavy atom. The van der Waals surface area contributed by atoms with Gasteiger partial charge in [0.25, 0.3) is 0 Å². The molecule has 4 heteroatoms. The van der Waals surface area contributed by atoms with Gasteiger partial charge < -0.3 is 0 Å². The number of hydrazine groups is 1. The summed E-state index contributed by atoms with van der Waals surface area (Å²) >= 11 is 1.67. The summed E-state index contributed by atoms with van der Waals surface area (Å²) in [7, 11) is 0. The highest BCUT2D eigenvalue weighted by Crippen LogP contribution is 2.14. The van der Waals surface area contributed by atoms with Gasteiger partial charge in [-0.1, -0.05) is 24.3 Å². The minimum Gasteiger partial charge on any atom is -0.271 e. The Morgan fingerprint density at radius 3 is 2.82 bits per heavy atom. The lowest BCUT2D eigenvalue weighted by Gasteiger charge is -2.16. The lowest BCUT2D eigenvalue weighted by molar-refractivity contribution is 0.524. The van der Waals surface area contributed by atoms with Gasteiger partial charge in [0.2, 0.25) is 0 Å². The molecule has 3 nitrogen and oxygen atoms in total. The van der Waals surface area contributed by atoms with Crippen molar-refractivity contribution in [1.82, 2.24) is 10.4 Å². The van der Waals surface area contributed by atoms with Gasteiger partial charge >= 0.3 is 0 Å². The number of benzene rings is 1. The van der Waals surface area contributed by atoms with Crippen LogP contribution in [-0.2, 0) is 12.8 Å². The molecular weight excluding hydrogens is 230 g/mol. The molecule has 0 saturated carbocycles. The van der Waals surface area contributed by atoms with Gasteiger partial charge in [-0.3, -0.25) is 16.3 Å². The molecule has 0 amide bonds. The van der Waals surface area contributed by atoms with Crippen LogP contribution in [0.3, 0.4) is 0 Å². The quantitative estimate of drug-likeness (QED) is 0.628. The fourth-order valence-electron chi connectivity index (χ4n) is 1.88. The maximum absolute atomic E-state index is 5.62. The number of aromatic nitrogens is 1. The van der Waals surface area contributed by atoms with Gasteiger partial charge in [0, 0.05) is 23.5 Å². The molecule has 0 aliphatic rings. The van der Waals surface area contributed by atoms with E-state index in [-0.39, 0.29) is 6.04 Å². The fourth-order valence-corrected chi connectivity index (χ4v) is 2.56.